The number of aliphatic hydroxyl groups is 2. The normalized spacial score (nSPS) is 22.7. The van der Waals surface area contributed by atoms with E-state index in [0.717, 1.165) is 11.1 Å². The molecule has 0 bridgehead atoms. The number of carbonyl (C=O) groups is 1. The summed E-state index contributed by atoms with van der Waals surface area (Å²) in [5.74, 6) is -0.620. The SMILES string of the molecule is CC1(C)[C@H](O)[C@H](O)C[C@H]1Nc1c(C(N)=O)cnn2cc(-c3ccc(C#N)cc3)cc12. The molecule has 0 saturated heterocycles. The number of anilines is 1. The van der Waals surface area contributed by atoms with Gasteiger partial charge in [-0.3, -0.25) is 4.79 Å². The summed E-state index contributed by atoms with van der Waals surface area (Å²) in [6, 6.07) is 10.9. The Morgan fingerprint density at radius 1 is 1.30 bits per heavy atom. The average molecular weight is 405 g/mol. The zero-order valence-corrected chi connectivity index (χ0v) is 16.7. The van der Waals surface area contributed by atoms with Crippen LogP contribution in [0.2, 0.25) is 0 Å². The van der Waals surface area contributed by atoms with Gasteiger partial charge in [-0.25, -0.2) is 4.52 Å². The number of aromatic nitrogens is 2. The summed E-state index contributed by atoms with van der Waals surface area (Å²) in [6.45, 7) is 3.74. The van der Waals surface area contributed by atoms with Crippen LogP contribution in [0.25, 0.3) is 16.6 Å². The third-order valence-electron chi connectivity index (χ3n) is 6.07. The second-order valence-corrected chi connectivity index (χ2v) is 8.31. The molecule has 3 atom stereocenters. The van der Waals surface area contributed by atoms with Crippen LogP contribution in [0.4, 0.5) is 5.69 Å². The number of carbonyl (C=O) groups excluding carboxylic acids is 1. The van der Waals surface area contributed by atoms with Gasteiger partial charge in [-0.05, 0) is 30.2 Å². The Morgan fingerprint density at radius 3 is 2.57 bits per heavy atom. The van der Waals surface area contributed by atoms with Gasteiger partial charge >= 0.3 is 0 Å². The molecule has 1 aliphatic carbocycles. The van der Waals surface area contributed by atoms with Gasteiger partial charge < -0.3 is 21.3 Å². The number of benzene rings is 1. The molecule has 0 radical (unpaired) electrons. The van der Waals surface area contributed by atoms with Gasteiger partial charge in [0.25, 0.3) is 5.91 Å². The minimum absolute atomic E-state index is 0.235. The fraction of sp³-hybridized carbons (Fsp3) is 0.318. The van der Waals surface area contributed by atoms with E-state index in [-0.39, 0.29) is 11.6 Å². The maximum Gasteiger partial charge on any atom is 0.252 e. The molecule has 0 unspecified atom stereocenters. The van der Waals surface area contributed by atoms with E-state index < -0.39 is 23.5 Å². The standard InChI is InChI=1S/C22H23N5O3/c1-22(2)18(8-17(28)20(22)29)26-19-15(21(24)30)10-25-27-11-14(7-16(19)27)13-5-3-12(9-23)4-6-13/h3-7,10-11,17-18,20,26,28-29H,8H2,1-2H3,(H2,24,30)/t17-,18-,20-/m1/s1. The quantitative estimate of drug-likeness (QED) is 0.523. The maximum absolute atomic E-state index is 12.1. The monoisotopic (exact) mass is 405 g/mol. The number of nitrogens with one attached hydrogen (secondary N) is 1. The molecule has 3 aromatic rings. The molecule has 5 N–H and O–H groups in total. The minimum atomic E-state index is -0.883. The summed E-state index contributed by atoms with van der Waals surface area (Å²) in [7, 11) is 0. The van der Waals surface area contributed by atoms with Gasteiger partial charge in [-0.2, -0.15) is 10.4 Å². The minimum Gasteiger partial charge on any atom is -0.390 e. The number of amides is 1. The van der Waals surface area contributed by atoms with Crippen molar-refractivity contribution in [1.29, 1.82) is 5.26 Å². The summed E-state index contributed by atoms with van der Waals surface area (Å²) < 4.78 is 1.65. The molecule has 1 aromatic carbocycles. The number of nitrogens with two attached hydrogens (primary N) is 1. The highest BCUT2D eigenvalue weighted by Crippen LogP contribution is 2.41. The summed E-state index contributed by atoms with van der Waals surface area (Å²) >= 11 is 0. The number of primary amides is 1. The van der Waals surface area contributed by atoms with Crippen LogP contribution in [0.3, 0.4) is 0 Å². The van der Waals surface area contributed by atoms with Gasteiger partial charge in [0, 0.05) is 23.2 Å². The third-order valence-corrected chi connectivity index (χ3v) is 6.07. The number of nitriles is 1. The molecule has 1 saturated carbocycles. The highest BCUT2D eigenvalue weighted by Gasteiger charge is 2.48. The summed E-state index contributed by atoms with van der Waals surface area (Å²) in [4.78, 5) is 12.1. The predicted molar refractivity (Wildman–Crippen MR) is 112 cm³/mol. The second kappa shape index (κ2) is 7.13. The molecule has 8 heteroatoms. The largest absolute Gasteiger partial charge is 0.390 e. The van der Waals surface area contributed by atoms with Crippen molar-refractivity contribution in [3.05, 3.63) is 53.9 Å². The Balaban J connectivity index is 1.80. The summed E-state index contributed by atoms with van der Waals surface area (Å²) in [5, 5.41) is 37.1. The smallest absolute Gasteiger partial charge is 0.252 e. The second-order valence-electron chi connectivity index (χ2n) is 8.31. The fourth-order valence-electron chi connectivity index (χ4n) is 4.09. The Bertz CT molecular complexity index is 1160. The lowest BCUT2D eigenvalue weighted by atomic mass is 9.85. The van der Waals surface area contributed by atoms with Crippen molar-refractivity contribution in [2.75, 3.05) is 5.32 Å². The van der Waals surface area contributed by atoms with E-state index in [0.29, 0.717) is 23.2 Å². The lowest BCUT2D eigenvalue weighted by Gasteiger charge is -2.31. The van der Waals surface area contributed by atoms with E-state index in [1.54, 1.807) is 16.6 Å². The van der Waals surface area contributed by atoms with Crippen molar-refractivity contribution in [2.45, 2.75) is 38.5 Å². The van der Waals surface area contributed by atoms with Crippen molar-refractivity contribution in [3.8, 4) is 17.2 Å². The molecule has 2 aromatic heterocycles. The van der Waals surface area contributed by atoms with Crippen LogP contribution < -0.4 is 11.1 Å². The lowest BCUT2D eigenvalue weighted by molar-refractivity contribution is -0.00805. The molecule has 30 heavy (non-hydrogen) atoms. The van der Waals surface area contributed by atoms with E-state index in [1.807, 2.05) is 38.2 Å². The number of rotatable bonds is 4. The van der Waals surface area contributed by atoms with E-state index >= 15 is 0 Å². The fourth-order valence-corrected chi connectivity index (χ4v) is 4.09. The Hall–Kier alpha value is -3.41. The Labute approximate surface area is 173 Å². The molecule has 0 aliphatic heterocycles. The zero-order valence-electron chi connectivity index (χ0n) is 16.7. The van der Waals surface area contributed by atoms with Crippen molar-refractivity contribution in [2.24, 2.45) is 11.1 Å². The number of aliphatic hydroxyl groups excluding tert-OH is 2. The van der Waals surface area contributed by atoms with E-state index in [9.17, 15) is 15.0 Å². The van der Waals surface area contributed by atoms with Crippen LogP contribution in [-0.4, -0.2) is 44.0 Å². The topological polar surface area (TPSA) is 137 Å². The highest BCUT2D eigenvalue weighted by molar-refractivity contribution is 6.02. The molecule has 2 heterocycles. The summed E-state index contributed by atoms with van der Waals surface area (Å²) in [5.41, 5.74) is 8.71. The van der Waals surface area contributed by atoms with E-state index in [2.05, 4.69) is 16.5 Å². The van der Waals surface area contributed by atoms with Crippen LogP contribution in [-0.2, 0) is 0 Å². The maximum atomic E-state index is 12.1. The lowest BCUT2D eigenvalue weighted by Crippen LogP contribution is -2.39. The molecule has 4 rings (SSSR count). The Kier molecular flexibility index (Phi) is 4.73. The average Bonchev–Trinajstić information content (AvgIpc) is 3.24. The van der Waals surface area contributed by atoms with Gasteiger partial charge in [0.05, 0.1) is 46.8 Å². The van der Waals surface area contributed by atoms with Gasteiger partial charge in [0.2, 0.25) is 0 Å². The van der Waals surface area contributed by atoms with Crippen LogP contribution >= 0.6 is 0 Å². The first-order chi connectivity index (χ1) is 14.2. The van der Waals surface area contributed by atoms with Crippen LogP contribution in [0.15, 0.2) is 42.7 Å². The van der Waals surface area contributed by atoms with E-state index in [1.165, 1.54) is 6.20 Å². The third kappa shape index (κ3) is 3.18. The van der Waals surface area contributed by atoms with Crippen molar-refractivity contribution < 1.29 is 15.0 Å². The summed E-state index contributed by atoms with van der Waals surface area (Å²) in [6.07, 6.45) is 1.84. The van der Waals surface area contributed by atoms with Crippen molar-refractivity contribution in [3.63, 3.8) is 0 Å². The molecule has 1 aliphatic rings. The molecular formula is C22H23N5O3. The van der Waals surface area contributed by atoms with Crippen LogP contribution in [0, 0.1) is 16.7 Å². The van der Waals surface area contributed by atoms with Crippen LogP contribution in [0.1, 0.15) is 36.2 Å². The molecule has 154 valence electrons. The van der Waals surface area contributed by atoms with Crippen molar-refractivity contribution in [1.82, 2.24) is 9.61 Å². The predicted octanol–water partition coefficient (Wildman–Crippen LogP) is 1.90. The first-order valence-electron chi connectivity index (χ1n) is 9.66. The number of hydrogen-bond donors (Lipinski definition) is 4. The Morgan fingerprint density at radius 2 is 2.00 bits per heavy atom. The highest BCUT2D eigenvalue weighted by atomic mass is 16.3. The van der Waals surface area contributed by atoms with Gasteiger partial charge in [-0.15, -0.1) is 0 Å². The molecule has 8 nitrogen and oxygen atoms in total. The first kappa shape index (κ1) is 19.9. The number of fused-ring (bicyclic) bond motifs is 1. The van der Waals surface area contributed by atoms with Crippen molar-refractivity contribution >= 4 is 17.1 Å². The van der Waals surface area contributed by atoms with Crippen LogP contribution in [0.5, 0.6) is 0 Å². The molecule has 0 spiro atoms. The zero-order chi connectivity index (χ0) is 21.6. The number of hydrogen-bond acceptors (Lipinski definition) is 6. The first-order valence-corrected chi connectivity index (χ1v) is 9.66. The van der Waals surface area contributed by atoms with Gasteiger partial charge in [0.1, 0.15) is 0 Å². The molecule has 1 amide bonds. The van der Waals surface area contributed by atoms with Gasteiger partial charge in [0.15, 0.2) is 0 Å². The van der Waals surface area contributed by atoms with Gasteiger partial charge in [-0.1, -0.05) is 26.0 Å². The van der Waals surface area contributed by atoms with E-state index in [4.69, 9.17) is 11.0 Å². The number of nitrogens with zero attached hydrogens (tertiary/aromatic N) is 3. The molecular weight excluding hydrogens is 382 g/mol. The molecule has 1 fully saturated rings.